The van der Waals surface area contributed by atoms with Crippen LogP contribution in [0, 0.1) is 0 Å². The fourth-order valence-corrected chi connectivity index (χ4v) is 1.19. The van der Waals surface area contributed by atoms with Crippen molar-refractivity contribution in [2.75, 3.05) is 12.8 Å². The van der Waals surface area contributed by atoms with Crippen LogP contribution < -0.4 is 10.5 Å². The minimum absolute atomic E-state index is 0.467. The van der Waals surface area contributed by atoms with Crippen molar-refractivity contribution >= 4 is 5.69 Å². The van der Waals surface area contributed by atoms with E-state index in [1.54, 1.807) is 25.3 Å². The Kier molecular flexibility index (Phi) is 2.06. The Labute approximate surface area is 80.5 Å². The average Bonchev–Trinajstić information content (AvgIpc) is 2.70. The highest BCUT2D eigenvalue weighted by atomic mass is 16.5. The molecule has 72 valence electrons. The van der Waals surface area contributed by atoms with Gasteiger partial charge in [-0.05, 0) is 18.2 Å². The lowest BCUT2D eigenvalue weighted by molar-refractivity contribution is 0.410. The molecule has 5 nitrogen and oxygen atoms in total. The van der Waals surface area contributed by atoms with Gasteiger partial charge in [-0.2, -0.15) is 4.98 Å². The molecule has 2 aromatic rings. The Morgan fingerprint density at radius 3 is 2.93 bits per heavy atom. The van der Waals surface area contributed by atoms with Gasteiger partial charge in [-0.3, -0.25) is 0 Å². The summed E-state index contributed by atoms with van der Waals surface area (Å²) in [6, 6.07) is 5.26. The highest BCUT2D eigenvalue weighted by Gasteiger charge is 2.09. The number of nitrogen functional groups attached to an aromatic ring is 1. The van der Waals surface area contributed by atoms with Crippen molar-refractivity contribution in [2.24, 2.45) is 0 Å². The number of aromatic nitrogens is 2. The van der Waals surface area contributed by atoms with Gasteiger partial charge in [-0.1, -0.05) is 5.16 Å². The first-order valence-electron chi connectivity index (χ1n) is 4.01. The minimum atomic E-state index is 0.467. The maximum absolute atomic E-state index is 5.65. The van der Waals surface area contributed by atoms with Gasteiger partial charge in [-0.15, -0.1) is 0 Å². The van der Waals surface area contributed by atoms with Gasteiger partial charge in [0.15, 0.2) is 0 Å². The molecule has 0 aliphatic carbocycles. The van der Waals surface area contributed by atoms with Gasteiger partial charge in [0, 0.05) is 5.69 Å². The summed E-state index contributed by atoms with van der Waals surface area (Å²) in [5, 5.41) is 3.71. The van der Waals surface area contributed by atoms with Crippen molar-refractivity contribution in [3.05, 3.63) is 24.6 Å². The summed E-state index contributed by atoms with van der Waals surface area (Å²) in [7, 11) is 1.58. The predicted molar refractivity (Wildman–Crippen MR) is 50.7 cm³/mol. The normalized spacial score (nSPS) is 10.1. The van der Waals surface area contributed by atoms with E-state index in [2.05, 4.69) is 14.7 Å². The zero-order chi connectivity index (χ0) is 9.97. The van der Waals surface area contributed by atoms with E-state index in [0.717, 1.165) is 5.56 Å². The third kappa shape index (κ3) is 1.39. The molecule has 1 heterocycles. The third-order valence-electron chi connectivity index (χ3n) is 1.83. The Bertz CT molecular complexity index is 426. The van der Waals surface area contributed by atoms with Crippen molar-refractivity contribution in [3.8, 4) is 17.1 Å². The smallest absolute Gasteiger partial charge is 0.214 e. The Morgan fingerprint density at radius 1 is 1.43 bits per heavy atom. The van der Waals surface area contributed by atoms with Gasteiger partial charge in [0.1, 0.15) is 5.75 Å². The summed E-state index contributed by atoms with van der Waals surface area (Å²) in [6.07, 6.45) is 1.26. The number of hydrogen-bond donors (Lipinski definition) is 1. The summed E-state index contributed by atoms with van der Waals surface area (Å²) < 4.78 is 9.80. The number of hydrogen-bond acceptors (Lipinski definition) is 5. The molecule has 0 unspecified atom stereocenters. The number of nitrogens with two attached hydrogens (primary N) is 1. The summed E-state index contributed by atoms with van der Waals surface area (Å²) in [5.74, 6) is 1.13. The van der Waals surface area contributed by atoms with E-state index in [1.165, 1.54) is 6.39 Å². The molecule has 1 aromatic heterocycles. The van der Waals surface area contributed by atoms with E-state index < -0.39 is 0 Å². The van der Waals surface area contributed by atoms with E-state index >= 15 is 0 Å². The monoisotopic (exact) mass is 191 g/mol. The molecule has 0 atom stereocenters. The second-order valence-corrected chi connectivity index (χ2v) is 2.71. The molecule has 0 amide bonds. The molecule has 0 saturated heterocycles. The molecule has 1 aromatic carbocycles. The Morgan fingerprint density at radius 2 is 2.29 bits per heavy atom. The lowest BCUT2D eigenvalue weighted by Crippen LogP contribution is -1.92. The van der Waals surface area contributed by atoms with Crippen molar-refractivity contribution in [1.29, 1.82) is 0 Å². The highest BCUT2D eigenvalue weighted by Crippen LogP contribution is 2.28. The number of benzene rings is 1. The molecule has 14 heavy (non-hydrogen) atoms. The topological polar surface area (TPSA) is 74.2 Å². The van der Waals surface area contributed by atoms with Crippen molar-refractivity contribution in [3.63, 3.8) is 0 Å². The molecule has 0 aliphatic heterocycles. The van der Waals surface area contributed by atoms with Gasteiger partial charge in [-0.25, -0.2) is 0 Å². The van der Waals surface area contributed by atoms with Crippen LogP contribution in [0.15, 0.2) is 29.1 Å². The third-order valence-corrected chi connectivity index (χ3v) is 1.83. The van der Waals surface area contributed by atoms with Gasteiger partial charge in [0.25, 0.3) is 0 Å². The maximum Gasteiger partial charge on any atom is 0.214 e. The van der Waals surface area contributed by atoms with Crippen molar-refractivity contribution in [1.82, 2.24) is 10.1 Å². The fourth-order valence-electron chi connectivity index (χ4n) is 1.19. The van der Waals surface area contributed by atoms with Crippen LogP contribution in [0.5, 0.6) is 5.75 Å². The zero-order valence-electron chi connectivity index (χ0n) is 7.60. The van der Waals surface area contributed by atoms with E-state index in [9.17, 15) is 0 Å². The van der Waals surface area contributed by atoms with Gasteiger partial charge in [0.2, 0.25) is 12.2 Å². The van der Waals surface area contributed by atoms with Crippen LogP contribution in [0.1, 0.15) is 0 Å². The molecular weight excluding hydrogens is 182 g/mol. The molecule has 0 spiro atoms. The number of anilines is 1. The largest absolute Gasteiger partial charge is 0.496 e. The summed E-state index contributed by atoms with van der Waals surface area (Å²) in [4.78, 5) is 3.92. The van der Waals surface area contributed by atoms with E-state index in [-0.39, 0.29) is 0 Å². The minimum Gasteiger partial charge on any atom is -0.496 e. The second kappa shape index (κ2) is 3.37. The van der Waals surface area contributed by atoms with Crippen molar-refractivity contribution in [2.45, 2.75) is 0 Å². The van der Waals surface area contributed by atoms with Crippen LogP contribution in [0.4, 0.5) is 5.69 Å². The van der Waals surface area contributed by atoms with E-state index in [1.807, 2.05) is 0 Å². The maximum atomic E-state index is 5.65. The molecule has 0 bridgehead atoms. The van der Waals surface area contributed by atoms with E-state index in [4.69, 9.17) is 10.5 Å². The van der Waals surface area contributed by atoms with Crippen LogP contribution >= 0.6 is 0 Å². The number of rotatable bonds is 2. The highest BCUT2D eigenvalue weighted by molar-refractivity contribution is 5.68. The Balaban J connectivity index is 2.55. The standard InChI is InChI=1S/C9H9N3O2/c1-13-8-3-2-6(10)4-7(8)9-11-5-14-12-9/h2-5H,10H2,1H3. The van der Waals surface area contributed by atoms with Crippen LogP contribution in [-0.4, -0.2) is 17.3 Å². The average molecular weight is 191 g/mol. The van der Waals surface area contributed by atoms with Crippen LogP contribution in [-0.2, 0) is 0 Å². The number of ether oxygens (including phenoxy) is 1. The second-order valence-electron chi connectivity index (χ2n) is 2.71. The first kappa shape index (κ1) is 8.55. The van der Waals surface area contributed by atoms with Crippen LogP contribution in [0.25, 0.3) is 11.4 Å². The van der Waals surface area contributed by atoms with Gasteiger partial charge in [0.05, 0.1) is 12.7 Å². The number of nitrogens with zero attached hydrogens (tertiary/aromatic N) is 2. The summed E-state index contributed by atoms with van der Waals surface area (Å²) in [5.41, 5.74) is 7.00. The fraction of sp³-hybridized carbons (Fsp3) is 0.111. The molecular formula is C9H9N3O2. The summed E-state index contributed by atoms with van der Waals surface area (Å²) >= 11 is 0. The number of methoxy groups -OCH3 is 1. The molecule has 0 fully saturated rings. The molecule has 2 rings (SSSR count). The summed E-state index contributed by atoms with van der Waals surface area (Å²) in [6.45, 7) is 0. The zero-order valence-corrected chi connectivity index (χ0v) is 7.60. The predicted octanol–water partition coefficient (Wildman–Crippen LogP) is 1.33. The van der Waals surface area contributed by atoms with Crippen LogP contribution in [0.3, 0.4) is 0 Å². The first-order chi connectivity index (χ1) is 6.81. The molecule has 0 saturated carbocycles. The van der Waals surface area contributed by atoms with Crippen molar-refractivity contribution < 1.29 is 9.26 Å². The SMILES string of the molecule is COc1ccc(N)cc1-c1ncon1. The first-order valence-corrected chi connectivity index (χ1v) is 4.01. The quantitative estimate of drug-likeness (QED) is 0.725. The lowest BCUT2D eigenvalue weighted by Gasteiger charge is -2.05. The molecule has 0 aliphatic rings. The molecule has 2 N–H and O–H groups in total. The Hall–Kier alpha value is -2.04. The van der Waals surface area contributed by atoms with Gasteiger partial charge < -0.3 is 15.0 Å². The lowest BCUT2D eigenvalue weighted by atomic mass is 10.1. The van der Waals surface area contributed by atoms with Crippen LogP contribution in [0.2, 0.25) is 0 Å². The molecule has 0 radical (unpaired) electrons. The molecule has 5 heteroatoms. The van der Waals surface area contributed by atoms with Gasteiger partial charge >= 0.3 is 0 Å². The van der Waals surface area contributed by atoms with E-state index in [0.29, 0.717) is 17.3 Å².